The van der Waals surface area contributed by atoms with E-state index in [9.17, 15) is 4.79 Å². The van der Waals surface area contributed by atoms with Gasteiger partial charge in [-0.25, -0.2) is 0 Å². The van der Waals surface area contributed by atoms with E-state index in [0.717, 1.165) is 23.4 Å². The number of hydrogen-bond acceptors (Lipinski definition) is 3. The lowest BCUT2D eigenvalue weighted by molar-refractivity contribution is 0.317. The van der Waals surface area contributed by atoms with Crippen molar-refractivity contribution in [3.05, 3.63) is 52.3 Å². The van der Waals surface area contributed by atoms with Crippen molar-refractivity contribution >= 4 is 0 Å². The Morgan fingerprint density at radius 2 is 1.86 bits per heavy atom. The molecule has 4 nitrogen and oxygen atoms in total. The summed E-state index contributed by atoms with van der Waals surface area (Å²) in [6.07, 6.45) is 0.963. The molecule has 114 valence electrons. The number of hydrogen-bond donors (Lipinski definition) is 0. The molecule has 0 N–H and O–H groups in total. The summed E-state index contributed by atoms with van der Waals surface area (Å²) in [5.74, 6) is 0.817. The fraction of sp³-hybridized carbons (Fsp3) is 0.333. The van der Waals surface area contributed by atoms with Crippen LogP contribution in [0.15, 0.2) is 41.2 Å². The molecule has 0 spiro atoms. The molecule has 0 aliphatic carbocycles. The van der Waals surface area contributed by atoms with Crippen LogP contribution in [0, 0.1) is 11.3 Å². The molecule has 4 heteroatoms. The summed E-state index contributed by atoms with van der Waals surface area (Å²) in [7, 11) is 0. The van der Waals surface area contributed by atoms with Gasteiger partial charge in [0.25, 0.3) is 5.56 Å². The van der Waals surface area contributed by atoms with Gasteiger partial charge in [0.05, 0.1) is 12.3 Å². The SMILES string of the molecule is CCCOc1ccc(-c2ccc(C#N)c(=O)n2C(C)C)cc1. The fourth-order valence-corrected chi connectivity index (χ4v) is 2.33. The third-order valence-corrected chi connectivity index (χ3v) is 3.38. The first-order chi connectivity index (χ1) is 10.6. The smallest absolute Gasteiger partial charge is 0.269 e. The van der Waals surface area contributed by atoms with Gasteiger partial charge in [-0.3, -0.25) is 4.79 Å². The van der Waals surface area contributed by atoms with Crippen LogP contribution in [0.5, 0.6) is 5.75 Å². The second-order valence-electron chi connectivity index (χ2n) is 5.39. The van der Waals surface area contributed by atoms with Crippen LogP contribution in [-0.4, -0.2) is 11.2 Å². The lowest BCUT2D eigenvalue weighted by Crippen LogP contribution is -2.25. The number of pyridine rings is 1. The maximum Gasteiger partial charge on any atom is 0.269 e. The molecule has 0 fully saturated rings. The van der Waals surface area contributed by atoms with E-state index in [1.165, 1.54) is 0 Å². The van der Waals surface area contributed by atoms with Crippen molar-refractivity contribution in [2.75, 3.05) is 6.61 Å². The van der Waals surface area contributed by atoms with Gasteiger partial charge in [-0.1, -0.05) is 6.92 Å². The molecule has 0 radical (unpaired) electrons. The number of rotatable bonds is 5. The summed E-state index contributed by atoms with van der Waals surface area (Å²) in [5.41, 5.74) is 1.65. The lowest BCUT2D eigenvalue weighted by atomic mass is 10.1. The summed E-state index contributed by atoms with van der Waals surface area (Å²) >= 11 is 0. The second-order valence-corrected chi connectivity index (χ2v) is 5.39. The predicted molar refractivity (Wildman–Crippen MR) is 87.0 cm³/mol. The van der Waals surface area contributed by atoms with E-state index < -0.39 is 0 Å². The molecule has 0 bridgehead atoms. The molecule has 0 aliphatic heterocycles. The highest BCUT2D eigenvalue weighted by Gasteiger charge is 2.12. The summed E-state index contributed by atoms with van der Waals surface area (Å²) < 4.78 is 7.23. The van der Waals surface area contributed by atoms with Crippen molar-refractivity contribution in [3.8, 4) is 23.1 Å². The zero-order valence-electron chi connectivity index (χ0n) is 13.2. The van der Waals surface area contributed by atoms with Gasteiger partial charge in [0, 0.05) is 6.04 Å². The topological polar surface area (TPSA) is 55.0 Å². The van der Waals surface area contributed by atoms with Crippen LogP contribution < -0.4 is 10.3 Å². The Labute approximate surface area is 130 Å². The Bertz CT molecular complexity index is 737. The molecule has 2 aromatic rings. The van der Waals surface area contributed by atoms with E-state index in [4.69, 9.17) is 10.00 Å². The van der Waals surface area contributed by atoms with Crippen LogP contribution in [0.3, 0.4) is 0 Å². The maximum absolute atomic E-state index is 12.4. The highest BCUT2D eigenvalue weighted by Crippen LogP contribution is 2.24. The van der Waals surface area contributed by atoms with Crippen molar-refractivity contribution in [2.45, 2.75) is 33.2 Å². The largest absolute Gasteiger partial charge is 0.494 e. The van der Waals surface area contributed by atoms with E-state index in [1.807, 2.05) is 50.2 Å². The summed E-state index contributed by atoms with van der Waals surface area (Å²) in [6, 6.07) is 13.0. The molecule has 1 heterocycles. The Hall–Kier alpha value is -2.54. The van der Waals surface area contributed by atoms with E-state index in [0.29, 0.717) is 6.61 Å². The van der Waals surface area contributed by atoms with Crippen LogP contribution >= 0.6 is 0 Å². The number of nitriles is 1. The van der Waals surface area contributed by atoms with Gasteiger partial charge in [-0.15, -0.1) is 0 Å². The predicted octanol–water partition coefficient (Wildman–Crippen LogP) is 3.76. The molecule has 0 aliphatic rings. The van der Waals surface area contributed by atoms with Gasteiger partial charge in [-0.05, 0) is 62.2 Å². The zero-order chi connectivity index (χ0) is 16.1. The summed E-state index contributed by atoms with van der Waals surface area (Å²) in [4.78, 5) is 12.4. The van der Waals surface area contributed by atoms with Crippen molar-refractivity contribution in [3.63, 3.8) is 0 Å². The molecule has 1 aromatic heterocycles. The minimum absolute atomic E-state index is 0.0215. The van der Waals surface area contributed by atoms with Crippen LogP contribution in [0.1, 0.15) is 38.8 Å². The van der Waals surface area contributed by atoms with Crippen LogP contribution in [0.2, 0.25) is 0 Å². The van der Waals surface area contributed by atoms with Crippen molar-refractivity contribution < 1.29 is 4.74 Å². The molecule has 0 atom stereocenters. The number of ether oxygens (including phenoxy) is 1. The number of nitrogens with zero attached hydrogens (tertiary/aromatic N) is 2. The zero-order valence-corrected chi connectivity index (χ0v) is 13.2. The quantitative estimate of drug-likeness (QED) is 0.844. The van der Waals surface area contributed by atoms with Crippen LogP contribution in [0.25, 0.3) is 11.3 Å². The molecular weight excluding hydrogens is 276 g/mol. The number of benzene rings is 1. The van der Waals surface area contributed by atoms with E-state index in [-0.39, 0.29) is 17.2 Å². The molecular formula is C18H20N2O2. The molecule has 1 aromatic carbocycles. The van der Waals surface area contributed by atoms with E-state index in [2.05, 4.69) is 6.92 Å². The van der Waals surface area contributed by atoms with E-state index in [1.54, 1.807) is 10.6 Å². The maximum atomic E-state index is 12.4. The standard InChI is InChI=1S/C18H20N2O2/c1-4-11-22-16-8-5-14(6-9-16)17-10-7-15(12-19)18(21)20(17)13(2)3/h5-10,13H,4,11H2,1-3H3. The van der Waals surface area contributed by atoms with Crippen molar-refractivity contribution in [2.24, 2.45) is 0 Å². The van der Waals surface area contributed by atoms with Crippen molar-refractivity contribution in [1.82, 2.24) is 4.57 Å². The van der Waals surface area contributed by atoms with Crippen LogP contribution in [0.4, 0.5) is 0 Å². The molecule has 22 heavy (non-hydrogen) atoms. The van der Waals surface area contributed by atoms with Crippen molar-refractivity contribution in [1.29, 1.82) is 5.26 Å². The average molecular weight is 296 g/mol. The van der Waals surface area contributed by atoms with Gasteiger partial charge in [0.15, 0.2) is 0 Å². The summed E-state index contributed by atoms with van der Waals surface area (Å²) in [5, 5.41) is 9.03. The monoisotopic (exact) mass is 296 g/mol. The van der Waals surface area contributed by atoms with Gasteiger partial charge >= 0.3 is 0 Å². The third-order valence-electron chi connectivity index (χ3n) is 3.38. The van der Waals surface area contributed by atoms with Crippen LogP contribution in [-0.2, 0) is 0 Å². The molecule has 0 unspecified atom stereocenters. The van der Waals surface area contributed by atoms with E-state index >= 15 is 0 Å². The minimum atomic E-state index is -0.249. The Kier molecular flexibility index (Phi) is 5.00. The lowest BCUT2D eigenvalue weighted by Gasteiger charge is -2.17. The first-order valence-electron chi connectivity index (χ1n) is 7.47. The fourth-order valence-electron chi connectivity index (χ4n) is 2.33. The minimum Gasteiger partial charge on any atom is -0.494 e. The molecule has 0 amide bonds. The van der Waals surface area contributed by atoms with Gasteiger partial charge in [0.2, 0.25) is 0 Å². The van der Waals surface area contributed by atoms with Gasteiger partial charge in [-0.2, -0.15) is 5.26 Å². The average Bonchev–Trinajstić information content (AvgIpc) is 2.52. The highest BCUT2D eigenvalue weighted by atomic mass is 16.5. The normalized spacial score (nSPS) is 10.5. The molecule has 0 saturated carbocycles. The Balaban J connectivity index is 2.47. The number of aromatic nitrogens is 1. The van der Waals surface area contributed by atoms with Gasteiger partial charge in [0.1, 0.15) is 17.4 Å². The van der Waals surface area contributed by atoms with Gasteiger partial charge < -0.3 is 9.30 Å². The summed E-state index contributed by atoms with van der Waals surface area (Å²) in [6.45, 7) is 6.62. The Morgan fingerprint density at radius 3 is 2.41 bits per heavy atom. The third kappa shape index (κ3) is 3.20. The molecule has 0 saturated heterocycles. The second kappa shape index (κ2) is 6.95. The highest BCUT2D eigenvalue weighted by molar-refractivity contribution is 5.61. The molecule has 2 rings (SSSR count). The first-order valence-corrected chi connectivity index (χ1v) is 7.47. The first kappa shape index (κ1) is 15.8. The Morgan fingerprint density at radius 1 is 1.18 bits per heavy atom.